The van der Waals surface area contributed by atoms with Crippen molar-refractivity contribution in [2.24, 2.45) is 0 Å². The van der Waals surface area contributed by atoms with Gasteiger partial charge in [0.2, 0.25) is 0 Å². The Morgan fingerprint density at radius 1 is 1.23 bits per heavy atom. The van der Waals surface area contributed by atoms with Crippen LogP contribution in [-0.2, 0) is 13.1 Å². The molecular formula is C19H18ClFN4O. The highest BCUT2D eigenvalue weighted by Crippen LogP contribution is 2.23. The number of hydrogen-bond donors (Lipinski definition) is 0. The number of carbonyl (C=O) groups excluding carboxylic acids is 1. The van der Waals surface area contributed by atoms with Crippen molar-refractivity contribution in [3.63, 3.8) is 0 Å². The van der Waals surface area contributed by atoms with Crippen LogP contribution >= 0.6 is 11.6 Å². The van der Waals surface area contributed by atoms with Crippen LogP contribution in [0, 0.1) is 12.7 Å². The van der Waals surface area contributed by atoms with Gasteiger partial charge in [0.05, 0.1) is 17.8 Å². The van der Waals surface area contributed by atoms with E-state index >= 15 is 0 Å². The highest BCUT2D eigenvalue weighted by Gasteiger charge is 2.23. The molecule has 0 aliphatic carbocycles. The zero-order valence-electron chi connectivity index (χ0n) is 14.5. The third-order valence-corrected chi connectivity index (χ3v) is 4.40. The van der Waals surface area contributed by atoms with E-state index in [0.717, 1.165) is 11.1 Å². The number of nitrogens with zero attached hydrogens (tertiary/aromatic N) is 4. The summed E-state index contributed by atoms with van der Waals surface area (Å²) in [5.74, 6) is -0.508. The summed E-state index contributed by atoms with van der Waals surface area (Å²) in [6.07, 6.45) is 3.40. The minimum atomic E-state index is -0.301. The molecule has 2 heterocycles. The largest absolute Gasteiger partial charge is 0.337 e. The van der Waals surface area contributed by atoms with Crippen molar-refractivity contribution in [3.05, 3.63) is 82.1 Å². The van der Waals surface area contributed by atoms with Crippen molar-refractivity contribution >= 4 is 17.5 Å². The van der Waals surface area contributed by atoms with Gasteiger partial charge in [-0.1, -0.05) is 29.8 Å². The van der Waals surface area contributed by atoms with E-state index in [-0.39, 0.29) is 16.9 Å². The number of hydrogen-bond acceptors (Lipinski definition) is 3. The molecule has 0 radical (unpaired) electrons. The molecule has 0 aliphatic heterocycles. The smallest absolute Gasteiger partial charge is 0.258 e. The molecule has 0 saturated heterocycles. The lowest BCUT2D eigenvalue weighted by atomic mass is 10.2. The van der Waals surface area contributed by atoms with Crippen LogP contribution < -0.4 is 0 Å². The molecular weight excluding hydrogens is 355 g/mol. The van der Waals surface area contributed by atoms with Gasteiger partial charge in [-0.05, 0) is 36.2 Å². The number of rotatable bonds is 5. The van der Waals surface area contributed by atoms with Gasteiger partial charge < -0.3 is 4.90 Å². The molecule has 0 aliphatic rings. The Morgan fingerprint density at radius 3 is 2.62 bits per heavy atom. The van der Waals surface area contributed by atoms with Crippen LogP contribution in [0.15, 0.2) is 48.8 Å². The molecule has 2 aromatic heterocycles. The van der Waals surface area contributed by atoms with Crippen LogP contribution in [0.25, 0.3) is 0 Å². The fraction of sp³-hybridized carbons (Fsp3) is 0.211. The monoisotopic (exact) mass is 372 g/mol. The van der Waals surface area contributed by atoms with Crippen LogP contribution in [0.2, 0.25) is 5.15 Å². The minimum Gasteiger partial charge on any atom is -0.337 e. The fourth-order valence-electron chi connectivity index (χ4n) is 2.69. The number of carbonyl (C=O) groups is 1. The molecule has 0 spiro atoms. The minimum absolute atomic E-state index is 0.207. The Balaban J connectivity index is 1.80. The Kier molecular flexibility index (Phi) is 5.32. The molecule has 134 valence electrons. The Hall–Kier alpha value is -2.73. The van der Waals surface area contributed by atoms with Crippen LogP contribution in [0.1, 0.15) is 27.2 Å². The summed E-state index contributed by atoms with van der Waals surface area (Å²) in [6, 6.07) is 9.83. The first-order valence-electron chi connectivity index (χ1n) is 8.07. The van der Waals surface area contributed by atoms with Gasteiger partial charge >= 0.3 is 0 Å². The van der Waals surface area contributed by atoms with Gasteiger partial charge in [0.25, 0.3) is 5.91 Å². The van der Waals surface area contributed by atoms with E-state index in [9.17, 15) is 9.18 Å². The molecule has 26 heavy (non-hydrogen) atoms. The van der Waals surface area contributed by atoms with Gasteiger partial charge in [0.1, 0.15) is 11.0 Å². The summed E-state index contributed by atoms with van der Waals surface area (Å²) >= 11 is 6.42. The second-order valence-electron chi connectivity index (χ2n) is 6.06. The number of halogens is 2. The lowest BCUT2D eigenvalue weighted by Gasteiger charge is -2.17. The molecule has 7 heteroatoms. The zero-order chi connectivity index (χ0) is 18.7. The first-order valence-corrected chi connectivity index (χ1v) is 8.45. The van der Waals surface area contributed by atoms with Gasteiger partial charge in [0, 0.05) is 26.0 Å². The molecule has 0 saturated carbocycles. The third kappa shape index (κ3) is 3.91. The normalized spacial score (nSPS) is 10.8. The maximum Gasteiger partial charge on any atom is 0.258 e. The molecule has 0 N–H and O–H groups in total. The van der Waals surface area contributed by atoms with E-state index in [1.807, 2.05) is 12.1 Å². The molecule has 3 rings (SSSR count). The van der Waals surface area contributed by atoms with Crippen molar-refractivity contribution in [1.29, 1.82) is 0 Å². The molecule has 1 amide bonds. The van der Waals surface area contributed by atoms with Gasteiger partial charge in [-0.15, -0.1) is 0 Å². The zero-order valence-corrected chi connectivity index (χ0v) is 15.2. The van der Waals surface area contributed by atoms with Crippen molar-refractivity contribution in [1.82, 2.24) is 19.7 Å². The standard InChI is InChI=1S/C19H18ClFN4O/c1-13-17(19(26)24(2)11-15-4-3-9-22-10-15)18(20)25(23-13)12-14-5-7-16(21)8-6-14/h3-10H,11-12H2,1-2H3. The number of benzene rings is 1. The summed E-state index contributed by atoms with van der Waals surface area (Å²) in [4.78, 5) is 18.5. The summed E-state index contributed by atoms with van der Waals surface area (Å²) in [5, 5.41) is 4.64. The molecule has 0 fully saturated rings. The van der Waals surface area contributed by atoms with Crippen molar-refractivity contribution in [3.8, 4) is 0 Å². The summed E-state index contributed by atoms with van der Waals surface area (Å²) in [6.45, 7) is 2.53. The quantitative estimate of drug-likeness (QED) is 0.686. The first-order chi connectivity index (χ1) is 12.5. The van der Waals surface area contributed by atoms with Crippen LogP contribution in [0.4, 0.5) is 4.39 Å². The number of pyridine rings is 1. The molecule has 0 atom stereocenters. The molecule has 3 aromatic rings. The van der Waals surface area contributed by atoms with Crippen molar-refractivity contribution < 1.29 is 9.18 Å². The van der Waals surface area contributed by atoms with Gasteiger partial charge in [-0.25, -0.2) is 9.07 Å². The highest BCUT2D eigenvalue weighted by atomic mass is 35.5. The van der Waals surface area contributed by atoms with Crippen LogP contribution in [0.5, 0.6) is 0 Å². The van der Waals surface area contributed by atoms with Crippen molar-refractivity contribution in [2.75, 3.05) is 7.05 Å². The lowest BCUT2D eigenvalue weighted by molar-refractivity contribution is 0.0784. The second kappa shape index (κ2) is 7.66. The predicted molar refractivity (Wildman–Crippen MR) is 97.5 cm³/mol. The maximum absolute atomic E-state index is 13.0. The number of amides is 1. The summed E-state index contributed by atoms with van der Waals surface area (Å²) in [5.41, 5.74) is 2.70. The van der Waals surface area contributed by atoms with Gasteiger partial charge in [-0.2, -0.15) is 5.10 Å². The third-order valence-electron chi connectivity index (χ3n) is 4.01. The molecule has 5 nitrogen and oxygen atoms in total. The van der Waals surface area contributed by atoms with E-state index in [1.54, 1.807) is 48.1 Å². The topological polar surface area (TPSA) is 51.0 Å². The molecule has 0 bridgehead atoms. The van der Waals surface area contributed by atoms with Gasteiger partial charge in [0.15, 0.2) is 0 Å². The lowest BCUT2D eigenvalue weighted by Crippen LogP contribution is -2.26. The van der Waals surface area contributed by atoms with E-state index in [1.165, 1.54) is 12.1 Å². The Morgan fingerprint density at radius 2 is 1.96 bits per heavy atom. The van der Waals surface area contributed by atoms with E-state index in [4.69, 9.17) is 11.6 Å². The van der Waals surface area contributed by atoms with E-state index < -0.39 is 0 Å². The van der Waals surface area contributed by atoms with E-state index in [0.29, 0.717) is 24.3 Å². The van der Waals surface area contributed by atoms with Crippen LogP contribution in [0.3, 0.4) is 0 Å². The first kappa shape index (κ1) is 18.1. The summed E-state index contributed by atoms with van der Waals surface area (Å²) < 4.78 is 14.6. The average Bonchev–Trinajstić information content (AvgIpc) is 2.90. The molecule has 0 unspecified atom stereocenters. The van der Waals surface area contributed by atoms with Crippen molar-refractivity contribution in [2.45, 2.75) is 20.0 Å². The highest BCUT2D eigenvalue weighted by molar-refractivity contribution is 6.33. The molecule has 1 aromatic carbocycles. The van der Waals surface area contributed by atoms with E-state index in [2.05, 4.69) is 10.1 Å². The average molecular weight is 373 g/mol. The maximum atomic E-state index is 13.0. The second-order valence-corrected chi connectivity index (χ2v) is 6.42. The Labute approximate surface area is 156 Å². The predicted octanol–water partition coefficient (Wildman–Crippen LogP) is 3.70. The fourth-order valence-corrected chi connectivity index (χ4v) is 3.01. The summed E-state index contributed by atoms with van der Waals surface area (Å²) in [7, 11) is 1.71. The van der Waals surface area contributed by atoms with Gasteiger partial charge in [-0.3, -0.25) is 9.78 Å². The number of aryl methyl sites for hydroxylation is 1. The number of aromatic nitrogens is 3. The van der Waals surface area contributed by atoms with Crippen LogP contribution in [-0.4, -0.2) is 32.6 Å². The SMILES string of the molecule is Cc1nn(Cc2ccc(F)cc2)c(Cl)c1C(=O)N(C)Cc1cccnc1. The Bertz CT molecular complexity index is 909.